The van der Waals surface area contributed by atoms with Crippen LogP contribution in [0.5, 0.6) is 0 Å². The maximum atomic E-state index is 12.2. The van der Waals surface area contributed by atoms with Crippen molar-refractivity contribution in [3.05, 3.63) is 65.7 Å². The number of nitrogens with zero attached hydrogens (tertiary/aromatic N) is 1. The molecule has 0 radical (unpaired) electrons. The summed E-state index contributed by atoms with van der Waals surface area (Å²) in [6.07, 6.45) is 0.952. The molecule has 6 heteroatoms. The number of carbonyl (C=O) groups is 2. The average Bonchev–Trinajstić information content (AvgIpc) is 2.75. The maximum Gasteiger partial charge on any atom is 0.251 e. The van der Waals surface area contributed by atoms with Crippen LogP contribution >= 0.6 is 11.8 Å². The number of carbonyl (C=O) groups excluding carboxylic acids is 2. The fourth-order valence-electron chi connectivity index (χ4n) is 2.88. The van der Waals surface area contributed by atoms with Crippen molar-refractivity contribution in [3.8, 4) is 0 Å². The van der Waals surface area contributed by atoms with Gasteiger partial charge in [-0.3, -0.25) is 9.59 Å². The Kier molecular flexibility index (Phi) is 10.3. The first-order valence-corrected chi connectivity index (χ1v) is 11.3. The number of anilines is 1. The molecule has 2 aromatic carbocycles. The van der Waals surface area contributed by atoms with Crippen molar-refractivity contribution in [2.45, 2.75) is 26.0 Å². The minimum Gasteiger partial charge on any atom is -0.352 e. The predicted molar refractivity (Wildman–Crippen MR) is 122 cm³/mol. The summed E-state index contributed by atoms with van der Waals surface area (Å²) in [7, 11) is 0. The van der Waals surface area contributed by atoms with E-state index in [-0.39, 0.29) is 11.8 Å². The van der Waals surface area contributed by atoms with Gasteiger partial charge < -0.3 is 15.5 Å². The van der Waals surface area contributed by atoms with E-state index in [0.29, 0.717) is 17.9 Å². The van der Waals surface area contributed by atoms with Crippen LogP contribution in [0.4, 0.5) is 5.69 Å². The third-order valence-corrected chi connectivity index (χ3v) is 5.61. The Bertz CT molecular complexity index is 746. The molecule has 0 unspecified atom stereocenters. The molecule has 5 nitrogen and oxygen atoms in total. The van der Waals surface area contributed by atoms with Crippen LogP contribution in [-0.2, 0) is 10.5 Å². The molecule has 0 aromatic heterocycles. The summed E-state index contributed by atoms with van der Waals surface area (Å²) < 4.78 is 0. The van der Waals surface area contributed by atoms with Crippen molar-refractivity contribution >= 4 is 29.3 Å². The maximum absolute atomic E-state index is 12.2. The largest absolute Gasteiger partial charge is 0.352 e. The van der Waals surface area contributed by atoms with Crippen molar-refractivity contribution in [1.82, 2.24) is 10.2 Å². The van der Waals surface area contributed by atoms with Gasteiger partial charge in [0.05, 0.1) is 5.75 Å². The molecule has 0 aliphatic rings. The van der Waals surface area contributed by atoms with Crippen LogP contribution in [-0.4, -0.2) is 48.6 Å². The number of hydrogen-bond acceptors (Lipinski definition) is 4. The third kappa shape index (κ3) is 8.71. The zero-order valence-electron chi connectivity index (χ0n) is 17.3. The molecule has 0 aliphatic carbocycles. The molecular weight excluding hydrogens is 382 g/mol. The van der Waals surface area contributed by atoms with Gasteiger partial charge in [-0.1, -0.05) is 44.2 Å². The van der Waals surface area contributed by atoms with E-state index in [0.717, 1.165) is 43.1 Å². The molecule has 29 heavy (non-hydrogen) atoms. The highest BCUT2D eigenvalue weighted by atomic mass is 32.2. The Morgan fingerprint density at radius 1 is 0.966 bits per heavy atom. The standard InChI is InChI=1S/C23H31N3O2S/c1-3-26(4-2)16-8-15-24-23(28)20-13-11-19(12-14-20)17-29-18-22(27)25-21-9-6-5-7-10-21/h5-7,9-14H,3-4,8,15-18H2,1-2H3,(H,24,28)(H,25,27). The van der Waals surface area contributed by atoms with Gasteiger partial charge in [0.25, 0.3) is 5.91 Å². The van der Waals surface area contributed by atoms with Crippen LogP contribution in [0.1, 0.15) is 36.2 Å². The number of rotatable bonds is 12. The Morgan fingerprint density at radius 3 is 2.31 bits per heavy atom. The summed E-state index contributed by atoms with van der Waals surface area (Å²) in [5.74, 6) is 1.07. The molecule has 2 rings (SSSR count). The average molecular weight is 414 g/mol. The highest BCUT2D eigenvalue weighted by molar-refractivity contribution is 7.99. The Labute approximate surface area is 178 Å². The minimum absolute atomic E-state index is 0.0121. The molecule has 2 aromatic rings. The summed E-state index contributed by atoms with van der Waals surface area (Å²) in [5.41, 5.74) is 2.58. The molecule has 2 amide bonds. The zero-order valence-corrected chi connectivity index (χ0v) is 18.1. The van der Waals surface area contributed by atoms with Gasteiger partial charge in [-0.2, -0.15) is 0 Å². The topological polar surface area (TPSA) is 61.4 Å². The second kappa shape index (κ2) is 13.0. The highest BCUT2D eigenvalue weighted by Crippen LogP contribution is 2.14. The van der Waals surface area contributed by atoms with Crippen molar-refractivity contribution in [2.75, 3.05) is 37.2 Å². The normalized spacial score (nSPS) is 10.7. The molecule has 156 valence electrons. The van der Waals surface area contributed by atoms with E-state index in [1.165, 1.54) is 0 Å². The van der Waals surface area contributed by atoms with Crippen LogP contribution in [0, 0.1) is 0 Å². The van der Waals surface area contributed by atoms with Crippen LogP contribution < -0.4 is 10.6 Å². The van der Waals surface area contributed by atoms with Gasteiger partial charge in [0.1, 0.15) is 0 Å². The monoisotopic (exact) mass is 413 g/mol. The summed E-state index contributed by atoms with van der Waals surface area (Å²) in [5, 5.41) is 5.85. The number of benzene rings is 2. The summed E-state index contributed by atoms with van der Waals surface area (Å²) in [4.78, 5) is 26.5. The number of hydrogen-bond donors (Lipinski definition) is 2. The van der Waals surface area contributed by atoms with Gasteiger partial charge in [0.15, 0.2) is 0 Å². The van der Waals surface area contributed by atoms with Crippen molar-refractivity contribution in [1.29, 1.82) is 0 Å². The van der Waals surface area contributed by atoms with Crippen LogP contribution in [0.2, 0.25) is 0 Å². The van der Waals surface area contributed by atoms with Crippen molar-refractivity contribution in [3.63, 3.8) is 0 Å². The predicted octanol–water partition coefficient (Wildman–Crippen LogP) is 4.02. The Hall–Kier alpha value is -2.31. The van der Waals surface area contributed by atoms with E-state index < -0.39 is 0 Å². The lowest BCUT2D eigenvalue weighted by atomic mass is 10.1. The number of thioether (sulfide) groups is 1. The van der Waals surface area contributed by atoms with Crippen LogP contribution in [0.3, 0.4) is 0 Å². The SMILES string of the molecule is CCN(CC)CCCNC(=O)c1ccc(CSCC(=O)Nc2ccccc2)cc1. The smallest absolute Gasteiger partial charge is 0.251 e. The van der Waals surface area contributed by atoms with Gasteiger partial charge in [0, 0.05) is 23.5 Å². The lowest BCUT2D eigenvalue weighted by Crippen LogP contribution is -2.29. The van der Waals surface area contributed by atoms with E-state index in [1.807, 2.05) is 54.6 Å². The number of para-hydroxylation sites is 1. The summed E-state index contributed by atoms with van der Waals surface area (Å²) in [6.45, 7) is 8.07. The molecule has 0 spiro atoms. The summed E-state index contributed by atoms with van der Waals surface area (Å²) in [6, 6.07) is 17.0. The van der Waals surface area contributed by atoms with E-state index in [2.05, 4.69) is 29.4 Å². The van der Waals surface area contributed by atoms with Gasteiger partial charge >= 0.3 is 0 Å². The first kappa shape index (κ1) is 23.0. The second-order valence-corrected chi connectivity index (χ2v) is 7.73. The second-order valence-electron chi connectivity index (χ2n) is 6.74. The van der Waals surface area contributed by atoms with E-state index >= 15 is 0 Å². The van der Waals surface area contributed by atoms with Crippen molar-refractivity contribution < 1.29 is 9.59 Å². The molecule has 0 bridgehead atoms. The molecule has 0 saturated heterocycles. The van der Waals surface area contributed by atoms with E-state index in [9.17, 15) is 9.59 Å². The third-order valence-electron chi connectivity index (χ3n) is 4.61. The lowest BCUT2D eigenvalue weighted by Gasteiger charge is -2.17. The Morgan fingerprint density at radius 2 is 1.66 bits per heavy atom. The van der Waals surface area contributed by atoms with Gasteiger partial charge in [0.2, 0.25) is 5.91 Å². The molecule has 0 saturated carbocycles. The summed E-state index contributed by atoms with van der Waals surface area (Å²) >= 11 is 1.55. The van der Waals surface area contributed by atoms with Gasteiger partial charge in [-0.15, -0.1) is 11.8 Å². The van der Waals surface area contributed by atoms with Crippen molar-refractivity contribution in [2.24, 2.45) is 0 Å². The quantitative estimate of drug-likeness (QED) is 0.516. The Balaban J connectivity index is 1.67. The molecular formula is C23H31N3O2S. The molecule has 0 fully saturated rings. The molecule has 0 aliphatic heterocycles. The first-order valence-electron chi connectivity index (χ1n) is 10.1. The number of amides is 2. The van der Waals surface area contributed by atoms with Crippen LogP contribution in [0.15, 0.2) is 54.6 Å². The highest BCUT2D eigenvalue weighted by Gasteiger charge is 2.07. The lowest BCUT2D eigenvalue weighted by molar-refractivity contribution is -0.113. The van der Waals surface area contributed by atoms with E-state index in [4.69, 9.17) is 0 Å². The number of nitrogens with one attached hydrogen (secondary N) is 2. The van der Waals surface area contributed by atoms with Gasteiger partial charge in [-0.05, 0) is 55.9 Å². The molecule has 0 heterocycles. The molecule has 0 atom stereocenters. The zero-order chi connectivity index (χ0) is 20.9. The first-order chi connectivity index (χ1) is 14.1. The van der Waals surface area contributed by atoms with E-state index in [1.54, 1.807) is 11.8 Å². The fraction of sp³-hybridized carbons (Fsp3) is 0.391. The van der Waals surface area contributed by atoms with Gasteiger partial charge in [-0.25, -0.2) is 0 Å². The minimum atomic E-state index is -0.0361. The molecule has 2 N–H and O–H groups in total. The fourth-order valence-corrected chi connectivity index (χ4v) is 3.67. The van der Waals surface area contributed by atoms with Crippen LogP contribution in [0.25, 0.3) is 0 Å².